The monoisotopic (exact) mass is 453 g/mol. The molecule has 168 valence electrons. The quantitative estimate of drug-likeness (QED) is 0.623. The third-order valence-corrected chi connectivity index (χ3v) is 5.79. The summed E-state index contributed by atoms with van der Waals surface area (Å²) in [5.41, 5.74) is -3.98. The van der Waals surface area contributed by atoms with Gasteiger partial charge in [-0.25, -0.2) is 9.97 Å². The maximum atomic E-state index is 12.4. The van der Waals surface area contributed by atoms with Crippen molar-refractivity contribution < 1.29 is 18.0 Å². The highest BCUT2D eigenvalue weighted by Gasteiger charge is 2.29. The third-order valence-electron chi connectivity index (χ3n) is 5.05. The van der Waals surface area contributed by atoms with Crippen molar-refractivity contribution in [3.8, 4) is 0 Å². The molecule has 0 bridgehead atoms. The molecule has 2 aromatic rings. The fourth-order valence-corrected chi connectivity index (χ4v) is 4.06. The van der Waals surface area contributed by atoms with Crippen LogP contribution in [0.5, 0.6) is 0 Å². The molecule has 3 rings (SSSR count). The van der Waals surface area contributed by atoms with E-state index in [4.69, 9.17) is 0 Å². The number of nitrogens with one attached hydrogen (secondary N) is 2. The molecule has 1 aromatic carbocycles. The van der Waals surface area contributed by atoms with Gasteiger partial charge in [0.25, 0.3) is 5.91 Å². The van der Waals surface area contributed by atoms with Crippen LogP contribution < -0.4 is 15.5 Å². The van der Waals surface area contributed by atoms with E-state index < -0.39 is 5.51 Å². The summed E-state index contributed by atoms with van der Waals surface area (Å²) in [4.78, 5) is 23.3. The first-order valence-electron chi connectivity index (χ1n) is 10.1. The molecule has 2 N–H and O–H groups in total. The molecule has 31 heavy (non-hydrogen) atoms. The molecule has 0 spiro atoms. The van der Waals surface area contributed by atoms with Gasteiger partial charge >= 0.3 is 5.51 Å². The van der Waals surface area contributed by atoms with Crippen molar-refractivity contribution in [1.82, 2.24) is 15.3 Å². The molecule has 0 aliphatic heterocycles. The van der Waals surface area contributed by atoms with E-state index >= 15 is 0 Å². The van der Waals surface area contributed by atoms with Gasteiger partial charge in [0.1, 0.15) is 17.5 Å². The van der Waals surface area contributed by atoms with E-state index in [0.29, 0.717) is 11.4 Å². The highest BCUT2D eigenvalue weighted by atomic mass is 32.2. The molecule has 10 heteroatoms. The Hall–Kier alpha value is -2.49. The minimum absolute atomic E-state index is 0.0410. The number of aryl methyl sites for hydroxylation is 1. The Bertz CT molecular complexity index is 897. The van der Waals surface area contributed by atoms with Crippen molar-refractivity contribution in [2.24, 2.45) is 0 Å². The van der Waals surface area contributed by atoms with Gasteiger partial charge in [-0.05, 0) is 68.6 Å². The highest BCUT2D eigenvalue weighted by molar-refractivity contribution is 8.00. The van der Waals surface area contributed by atoms with E-state index in [9.17, 15) is 18.0 Å². The van der Waals surface area contributed by atoms with Crippen molar-refractivity contribution in [1.29, 1.82) is 0 Å². The largest absolute Gasteiger partial charge is 0.446 e. The molecule has 0 atom stereocenters. The van der Waals surface area contributed by atoms with Gasteiger partial charge in [-0.3, -0.25) is 4.79 Å². The van der Waals surface area contributed by atoms with Crippen LogP contribution in [0.3, 0.4) is 0 Å². The summed E-state index contributed by atoms with van der Waals surface area (Å²) in [7, 11) is 3.87. The van der Waals surface area contributed by atoms with Crippen LogP contribution in [0.2, 0.25) is 0 Å². The number of carbonyl (C=O) groups is 1. The summed E-state index contributed by atoms with van der Waals surface area (Å²) in [5, 5.41) is 6.46. The van der Waals surface area contributed by atoms with Crippen LogP contribution in [-0.4, -0.2) is 47.6 Å². The molecule has 0 saturated heterocycles. The summed E-state index contributed by atoms with van der Waals surface area (Å²) in [6, 6.07) is 7.71. The molecular weight excluding hydrogens is 427 g/mol. The van der Waals surface area contributed by atoms with Crippen molar-refractivity contribution >= 4 is 29.3 Å². The second kappa shape index (κ2) is 9.76. The molecule has 0 unspecified atom stereocenters. The third kappa shape index (κ3) is 7.02. The summed E-state index contributed by atoms with van der Waals surface area (Å²) >= 11 is -0.189. The normalized spacial score (nSPS) is 19.0. The van der Waals surface area contributed by atoms with E-state index in [-0.39, 0.29) is 34.6 Å². The lowest BCUT2D eigenvalue weighted by Crippen LogP contribution is -2.40. The van der Waals surface area contributed by atoms with Gasteiger partial charge in [0.05, 0.1) is 0 Å². The maximum Gasteiger partial charge on any atom is 0.446 e. The van der Waals surface area contributed by atoms with Crippen LogP contribution in [0.1, 0.15) is 41.9 Å². The van der Waals surface area contributed by atoms with Gasteiger partial charge in [0.15, 0.2) is 0 Å². The van der Waals surface area contributed by atoms with E-state index in [1.807, 2.05) is 32.0 Å². The number of anilines is 2. The molecule has 1 fully saturated rings. The lowest BCUT2D eigenvalue weighted by Gasteiger charge is -2.30. The molecule has 1 saturated carbocycles. The van der Waals surface area contributed by atoms with E-state index in [1.54, 1.807) is 0 Å². The number of benzene rings is 1. The van der Waals surface area contributed by atoms with Crippen molar-refractivity contribution in [2.45, 2.75) is 55.1 Å². The summed E-state index contributed by atoms with van der Waals surface area (Å²) < 4.78 is 37.3. The smallest absolute Gasteiger partial charge is 0.367 e. The number of rotatable bonds is 6. The number of alkyl halides is 3. The van der Waals surface area contributed by atoms with Crippen LogP contribution >= 0.6 is 11.8 Å². The Morgan fingerprint density at radius 2 is 1.68 bits per heavy atom. The molecular formula is C21H26F3N5OS. The summed E-state index contributed by atoms with van der Waals surface area (Å²) in [5.74, 6) is 2.08. The Kier molecular flexibility index (Phi) is 7.30. The van der Waals surface area contributed by atoms with Gasteiger partial charge in [-0.1, -0.05) is 0 Å². The number of amides is 1. The first-order valence-corrected chi connectivity index (χ1v) is 10.9. The first kappa shape index (κ1) is 23.2. The van der Waals surface area contributed by atoms with Crippen molar-refractivity contribution in [2.75, 3.05) is 24.3 Å². The zero-order valence-electron chi connectivity index (χ0n) is 17.7. The molecule has 1 heterocycles. The molecule has 1 aliphatic carbocycles. The van der Waals surface area contributed by atoms with Crippen molar-refractivity contribution in [3.05, 3.63) is 41.7 Å². The van der Waals surface area contributed by atoms with Crippen LogP contribution in [0, 0.1) is 6.92 Å². The molecule has 0 radical (unpaired) electrons. The Morgan fingerprint density at radius 3 is 2.26 bits per heavy atom. The number of aromatic nitrogens is 2. The molecule has 1 amide bonds. The second-order valence-electron chi connectivity index (χ2n) is 7.79. The lowest BCUT2D eigenvalue weighted by atomic mass is 9.91. The molecule has 1 aromatic heterocycles. The minimum atomic E-state index is -4.34. The number of halogens is 3. The van der Waals surface area contributed by atoms with E-state index in [2.05, 4.69) is 20.6 Å². The average molecular weight is 454 g/mol. The Balaban J connectivity index is 1.49. The van der Waals surface area contributed by atoms with Gasteiger partial charge < -0.3 is 15.5 Å². The van der Waals surface area contributed by atoms with Crippen LogP contribution in [0.15, 0.2) is 35.2 Å². The van der Waals surface area contributed by atoms with E-state index in [1.165, 1.54) is 24.3 Å². The van der Waals surface area contributed by atoms with Gasteiger partial charge in [0, 0.05) is 42.7 Å². The fourth-order valence-electron chi connectivity index (χ4n) is 3.52. The van der Waals surface area contributed by atoms with E-state index in [0.717, 1.165) is 37.3 Å². The van der Waals surface area contributed by atoms with Gasteiger partial charge in [-0.2, -0.15) is 13.2 Å². The van der Waals surface area contributed by atoms with Gasteiger partial charge in [-0.15, -0.1) is 0 Å². The molecule has 6 nitrogen and oxygen atoms in total. The zero-order valence-corrected chi connectivity index (χ0v) is 18.5. The van der Waals surface area contributed by atoms with Crippen LogP contribution in [0.4, 0.5) is 24.8 Å². The lowest BCUT2D eigenvalue weighted by molar-refractivity contribution is -0.0328. The SMILES string of the molecule is Cc1nc(NC2CCC(NC(=O)c3ccc(SC(F)(F)F)cc3)CC2)cc(N(C)C)n1. The predicted molar refractivity (Wildman–Crippen MR) is 117 cm³/mol. The Morgan fingerprint density at radius 1 is 1.06 bits per heavy atom. The summed E-state index contributed by atoms with van der Waals surface area (Å²) in [6.07, 6.45) is 3.39. The predicted octanol–water partition coefficient (Wildman–Crippen LogP) is 4.62. The molecule has 1 aliphatic rings. The number of nitrogens with zero attached hydrogens (tertiary/aromatic N) is 3. The minimum Gasteiger partial charge on any atom is -0.367 e. The van der Waals surface area contributed by atoms with Crippen LogP contribution in [0.25, 0.3) is 0 Å². The first-order chi connectivity index (χ1) is 14.6. The number of carbonyl (C=O) groups excluding carboxylic acids is 1. The summed E-state index contributed by atoms with van der Waals surface area (Å²) in [6.45, 7) is 1.86. The maximum absolute atomic E-state index is 12.4. The topological polar surface area (TPSA) is 70.2 Å². The van der Waals surface area contributed by atoms with Crippen LogP contribution in [-0.2, 0) is 0 Å². The van der Waals surface area contributed by atoms with Gasteiger partial charge in [0.2, 0.25) is 0 Å². The fraction of sp³-hybridized carbons (Fsp3) is 0.476. The average Bonchev–Trinajstić information content (AvgIpc) is 2.68. The number of thioether (sulfide) groups is 1. The number of hydrogen-bond donors (Lipinski definition) is 2. The van der Waals surface area contributed by atoms with Crippen molar-refractivity contribution in [3.63, 3.8) is 0 Å². The second-order valence-corrected chi connectivity index (χ2v) is 8.93. The highest BCUT2D eigenvalue weighted by Crippen LogP contribution is 2.36. The number of hydrogen-bond acceptors (Lipinski definition) is 6. The Labute approximate surface area is 184 Å². The zero-order chi connectivity index (χ0) is 22.6. The standard InChI is InChI=1S/C21H26F3N5OS/c1-13-25-18(12-19(26-13)29(2)3)27-15-6-8-16(9-7-15)28-20(30)14-4-10-17(11-5-14)31-21(22,23)24/h4-5,10-12,15-16H,6-9H2,1-3H3,(H,28,30)(H,25,26,27).